The van der Waals surface area contributed by atoms with Crippen molar-refractivity contribution in [3.05, 3.63) is 144 Å². The third-order valence-electron chi connectivity index (χ3n) is 8.94. The minimum atomic E-state index is -0.0824. The second-order valence-electron chi connectivity index (χ2n) is 11.6. The van der Waals surface area contributed by atoms with Crippen molar-refractivity contribution < 1.29 is 4.74 Å². The van der Waals surface area contributed by atoms with E-state index in [0.29, 0.717) is 0 Å². The fourth-order valence-electron chi connectivity index (χ4n) is 6.95. The molecule has 0 radical (unpaired) electrons. The predicted molar refractivity (Wildman–Crippen MR) is 164 cm³/mol. The molecule has 2 heterocycles. The zero-order valence-electron chi connectivity index (χ0n) is 22.6. The summed E-state index contributed by atoms with van der Waals surface area (Å²) in [6, 6.07) is 40.9. The average molecular weight is 516 g/mol. The normalized spacial score (nSPS) is 19.4. The highest BCUT2D eigenvalue weighted by Crippen LogP contribution is 2.58. The van der Waals surface area contributed by atoms with E-state index >= 15 is 0 Å². The first-order chi connectivity index (χ1) is 19.6. The summed E-state index contributed by atoms with van der Waals surface area (Å²) in [6.07, 6.45) is 4.66. The Labute approximate surface area is 235 Å². The number of allylic oxidation sites excluding steroid dienone is 2. The molecule has 1 aromatic heterocycles. The van der Waals surface area contributed by atoms with Crippen LogP contribution in [0.2, 0.25) is 0 Å². The van der Waals surface area contributed by atoms with Crippen LogP contribution in [0.25, 0.3) is 44.8 Å². The number of hydrogen-bond donors (Lipinski definition) is 0. The summed E-state index contributed by atoms with van der Waals surface area (Å²) in [5, 5.41) is 0. The molecule has 5 aromatic rings. The van der Waals surface area contributed by atoms with Crippen LogP contribution < -0.4 is 4.74 Å². The van der Waals surface area contributed by atoms with Crippen LogP contribution in [-0.4, -0.2) is 11.1 Å². The Morgan fingerprint density at radius 1 is 0.575 bits per heavy atom. The second kappa shape index (κ2) is 8.66. The van der Waals surface area contributed by atoms with Crippen LogP contribution in [0.3, 0.4) is 0 Å². The molecule has 2 atom stereocenters. The molecule has 0 N–H and O–H groups in total. The van der Waals surface area contributed by atoms with Gasteiger partial charge in [0.25, 0.3) is 0 Å². The van der Waals surface area contributed by atoms with E-state index in [2.05, 4.69) is 141 Å². The van der Waals surface area contributed by atoms with E-state index in [4.69, 9.17) is 9.72 Å². The zero-order chi connectivity index (χ0) is 26.8. The largest absolute Gasteiger partial charge is 0.484 e. The van der Waals surface area contributed by atoms with Crippen molar-refractivity contribution in [2.24, 2.45) is 5.92 Å². The quantitative estimate of drug-likeness (QED) is 0.239. The number of para-hydroxylation sites is 1. The maximum atomic E-state index is 6.62. The van der Waals surface area contributed by atoms with Crippen LogP contribution in [0.4, 0.5) is 0 Å². The molecule has 1 aliphatic heterocycles. The molecule has 2 nitrogen and oxygen atoms in total. The first-order valence-corrected chi connectivity index (χ1v) is 14.0. The van der Waals surface area contributed by atoms with Crippen LogP contribution in [0.5, 0.6) is 5.75 Å². The smallest absolute Gasteiger partial charge is 0.132 e. The van der Waals surface area contributed by atoms with E-state index in [1.807, 2.05) is 0 Å². The van der Waals surface area contributed by atoms with Gasteiger partial charge >= 0.3 is 0 Å². The van der Waals surface area contributed by atoms with E-state index in [-0.39, 0.29) is 17.4 Å². The van der Waals surface area contributed by atoms with Crippen molar-refractivity contribution >= 4 is 11.1 Å². The van der Waals surface area contributed by atoms with Gasteiger partial charge in [0, 0.05) is 33.6 Å². The Bertz CT molecular complexity index is 1790. The summed E-state index contributed by atoms with van der Waals surface area (Å²) < 4.78 is 6.62. The van der Waals surface area contributed by atoms with Crippen molar-refractivity contribution in [2.75, 3.05) is 0 Å². The van der Waals surface area contributed by atoms with E-state index in [0.717, 1.165) is 28.3 Å². The summed E-state index contributed by atoms with van der Waals surface area (Å²) >= 11 is 0. The molecular weight excluding hydrogens is 486 g/mol. The highest BCUT2D eigenvalue weighted by atomic mass is 16.5. The lowest BCUT2D eigenvalue weighted by Gasteiger charge is -2.35. The van der Waals surface area contributed by atoms with Crippen LogP contribution in [-0.2, 0) is 5.41 Å². The van der Waals surface area contributed by atoms with Crippen molar-refractivity contribution in [1.82, 2.24) is 4.98 Å². The van der Waals surface area contributed by atoms with Gasteiger partial charge in [0.05, 0.1) is 11.4 Å². The van der Waals surface area contributed by atoms with Gasteiger partial charge < -0.3 is 4.74 Å². The van der Waals surface area contributed by atoms with Crippen LogP contribution in [0.15, 0.2) is 127 Å². The Morgan fingerprint density at radius 2 is 1.20 bits per heavy atom. The molecule has 0 fully saturated rings. The standard InChI is InChI=1S/C38H29NO/c1-38(2)32-21-26(17-18-28(32)30-19-20-31-29-15-9-10-16-35(29)40-37(31)36(30)38)27-22-33(24-11-5-3-6-12-24)39-34(23-27)25-13-7-4-8-14-25/h3-23,36-37H,1-2H3. The van der Waals surface area contributed by atoms with Crippen LogP contribution >= 0.6 is 0 Å². The van der Waals surface area contributed by atoms with E-state index in [9.17, 15) is 0 Å². The maximum absolute atomic E-state index is 6.62. The summed E-state index contributed by atoms with van der Waals surface area (Å²) in [7, 11) is 0. The van der Waals surface area contributed by atoms with Gasteiger partial charge in [-0.05, 0) is 52.1 Å². The molecule has 0 amide bonds. The molecule has 8 rings (SSSR count). The van der Waals surface area contributed by atoms with Crippen LogP contribution in [0.1, 0.15) is 30.5 Å². The predicted octanol–water partition coefficient (Wildman–Crippen LogP) is 9.23. The Balaban J connectivity index is 1.25. The molecule has 0 bridgehead atoms. The molecule has 2 aliphatic carbocycles. The highest BCUT2D eigenvalue weighted by Gasteiger charge is 2.52. The minimum absolute atomic E-state index is 0.0403. The number of benzene rings is 4. The van der Waals surface area contributed by atoms with Gasteiger partial charge in [-0.15, -0.1) is 0 Å². The second-order valence-corrected chi connectivity index (χ2v) is 11.6. The van der Waals surface area contributed by atoms with E-state index in [1.165, 1.54) is 39.0 Å². The number of aromatic nitrogens is 1. The summed E-state index contributed by atoms with van der Waals surface area (Å²) in [5.41, 5.74) is 13.2. The van der Waals surface area contributed by atoms with Crippen molar-refractivity contribution in [3.63, 3.8) is 0 Å². The van der Waals surface area contributed by atoms with Crippen molar-refractivity contribution in [1.29, 1.82) is 0 Å². The van der Waals surface area contributed by atoms with Gasteiger partial charge in [-0.1, -0.05) is 117 Å². The lowest BCUT2D eigenvalue weighted by molar-refractivity contribution is 0.188. The monoisotopic (exact) mass is 515 g/mol. The zero-order valence-corrected chi connectivity index (χ0v) is 22.6. The molecule has 2 heteroatoms. The molecule has 192 valence electrons. The first-order valence-electron chi connectivity index (χ1n) is 14.0. The number of pyridine rings is 1. The fourth-order valence-corrected chi connectivity index (χ4v) is 6.95. The van der Waals surface area contributed by atoms with E-state index in [1.54, 1.807) is 0 Å². The third-order valence-corrected chi connectivity index (χ3v) is 8.94. The first kappa shape index (κ1) is 23.2. The topological polar surface area (TPSA) is 22.1 Å². The average Bonchev–Trinajstić information content (AvgIpc) is 3.50. The Hall–Kier alpha value is -4.69. The highest BCUT2D eigenvalue weighted by molar-refractivity contribution is 5.91. The number of hydrogen-bond acceptors (Lipinski definition) is 2. The number of nitrogens with zero attached hydrogens (tertiary/aromatic N) is 1. The van der Waals surface area contributed by atoms with Gasteiger partial charge in [0.15, 0.2) is 0 Å². The number of fused-ring (bicyclic) bond motifs is 7. The Kier molecular flexibility index (Phi) is 5.03. The molecule has 0 saturated heterocycles. The summed E-state index contributed by atoms with van der Waals surface area (Å²) in [4.78, 5) is 5.08. The molecule has 2 unspecified atom stereocenters. The number of rotatable bonds is 3. The van der Waals surface area contributed by atoms with Gasteiger partial charge in [0.1, 0.15) is 11.9 Å². The van der Waals surface area contributed by atoms with Gasteiger partial charge in [-0.2, -0.15) is 0 Å². The van der Waals surface area contributed by atoms with Crippen molar-refractivity contribution in [3.8, 4) is 39.4 Å². The lowest BCUT2D eigenvalue weighted by atomic mass is 9.71. The lowest BCUT2D eigenvalue weighted by Crippen LogP contribution is -2.37. The molecule has 4 aromatic carbocycles. The molecule has 3 aliphatic rings. The molecule has 0 spiro atoms. The summed E-state index contributed by atoms with van der Waals surface area (Å²) in [5.74, 6) is 1.27. The molecule has 0 saturated carbocycles. The molecular formula is C38H29NO. The van der Waals surface area contributed by atoms with Crippen LogP contribution in [0, 0.1) is 5.92 Å². The minimum Gasteiger partial charge on any atom is -0.484 e. The van der Waals surface area contributed by atoms with Gasteiger partial charge in [-0.25, -0.2) is 4.98 Å². The van der Waals surface area contributed by atoms with Crippen molar-refractivity contribution in [2.45, 2.75) is 25.4 Å². The van der Waals surface area contributed by atoms with Gasteiger partial charge in [0.2, 0.25) is 0 Å². The summed E-state index contributed by atoms with van der Waals surface area (Å²) in [6.45, 7) is 4.77. The molecule has 40 heavy (non-hydrogen) atoms. The van der Waals surface area contributed by atoms with Gasteiger partial charge in [-0.3, -0.25) is 0 Å². The van der Waals surface area contributed by atoms with E-state index < -0.39 is 0 Å². The maximum Gasteiger partial charge on any atom is 0.132 e. The number of ether oxygens (including phenoxy) is 1. The fraction of sp³-hybridized carbons (Fsp3) is 0.132. The Morgan fingerprint density at radius 3 is 1.90 bits per heavy atom. The third kappa shape index (κ3) is 3.46. The SMILES string of the molecule is CC1(C)c2cc(-c3cc(-c4ccccc4)nc(-c4ccccc4)c3)ccc2C2=CC=C3c4ccccc4OC3C21.